The number of rotatable bonds is 15. The van der Waals surface area contributed by atoms with E-state index in [0.29, 0.717) is 11.1 Å². The molecule has 13 nitrogen and oxygen atoms in total. The summed E-state index contributed by atoms with van der Waals surface area (Å²) in [5.41, 5.74) is 8.50. The highest BCUT2D eigenvalue weighted by molar-refractivity contribution is 7.46. The van der Waals surface area contributed by atoms with Gasteiger partial charge in [0.25, 0.3) is 0 Å². The van der Waals surface area contributed by atoms with E-state index in [2.05, 4.69) is 20.1 Å². The number of fused-ring (bicyclic) bond motifs is 2. The zero-order valence-electron chi connectivity index (χ0n) is 26.1. The summed E-state index contributed by atoms with van der Waals surface area (Å²) in [7, 11) is -4.78. The standard InChI is InChI=1S/C35H35N4O9P/c36-33(42)31(19-23-20-37-29-11-4-3-9-26(23)29)39-35(44)30(16-17-32(40)41)38-34(43)28(27-10-5-7-22-6-1-2-8-25(22)27)18-21-12-14-24(15-13-21)48-49(45,46)47/h1-15,20,28,30-31,37H,16-19H2,(H2,36,42)(H,38,43)(H,39,44)(H,40,41)(H2,45,46,47)/t28?,30?,31-/m0/s1. The molecule has 0 bridgehead atoms. The van der Waals surface area contributed by atoms with E-state index in [1.54, 1.807) is 30.5 Å². The van der Waals surface area contributed by atoms with Crippen molar-refractivity contribution in [2.75, 3.05) is 0 Å². The minimum atomic E-state index is -4.78. The molecule has 3 amide bonds. The third-order valence-electron chi connectivity index (χ3n) is 8.14. The number of carbonyl (C=O) groups is 4. The molecule has 4 aromatic carbocycles. The maximum atomic E-state index is 14.2. The Kier molecular flexibility index (Phi) is 10.8. The third kappa shape index (κ3) is 9.11. The van der Waals surface area contributed by atoms with Crippen molar-refractivity contribution in [3.63, 3.8) is 0 Å². The van der Waals surface area contributed by atoms with Crippen molar-refractivity contribution >= 4 is 53.2 Å². The minimum absolute atomic E-state index is 0.0606. The number of benzene rings is 4. The predicted molar refractivity (Wildman–Crippen MR) is 181 cm³/mol. The normalized spacial score (nSPS) is 13.3. The molecule has 0 aliphatic heterocycles. The number of H-pyrrole nitrogens is 1. The number of nitrogens with two attached hydrogens (primary N) is 1. The molecule has 5 aromatic rings. The number of phosphoric acid groups is 1. The van der Waals surface area contributed by atoms with Gasteiger partial charge in [-0.3, -0.25) is 29.0 Å². The molecule has 14 heteroatoms. The van der Waals surface area contributed by atoms with E-state index in [4.69, 9.17) is 15.5 Å². The summed E-state index contributed by atoms with van der Waals surface area (Å²) < 4.78 is 15.9. The van der Waals surface area contributed by atoms with Gasteiger partial charge >= 0.3 is 13.8 Å². The lowest BCUT2D eigenvalue weighted by Gasteiger charge is -2.25. The molecule has 0 aliphatic rings. The van der Waals surface area contributed by atoms with E-state index >= 15 is 0 Å². The Hall–Kier alpha value is -5.49. The minimum Gasteiger partial charge on any atom is -0.481 e. The van der Waals surface area contributed by atoms with Crippen molar-refractivity contribution in [3.8, 4) is 5.75 Å². The quantitative estimate of drug-likeness (QED) is 0.0797. The Morgan fingerprint density at radius 2 is 1.45 bits per heavy atom. The fourth-order valence-electron chi connectivity index (χ4n) is 5.78. The maximum absolute atomic E-state index is 14.2. The second-order valence-corrected chi connectivity index (χ2v) is 12.7. The number of para-hydroxylation sites is 1. The van der Waals surface area contributed by atoms with Gasteiger partial charge in [0.1, 0.15) is 17.8 Å². The van der Waals surface area contributed by atoms with Gasteiger partial charge in [-0.25, -0.2) is 4.57 Å². The van der Waals surface area contributed by atoms with Gasteiger partial charge in [-0.15, -0.1) is 0 Å². The number of carbonyl (C=O) groups excluding carboxylic acids is 3. The van der Waals surface area contributed by atoms with Crippen molar-refractivity contribution in [1.29, 1.82) is 0 Å². The highest BCUT2D eigenvalue weighted by atomic mass is 31.2. The summed E-state index contributed by atoms with van der Waals surface area (Å²) in [6.07, 6.45) is 1.18. The van der Waals surface area contributed by atoms with Crippen LogP contribution in [0, 0.1) is 0 Å². The van der Waals surface area contributed by atoms with E-state index in [0.717, 1.165) is 27.2 Å². The molecule has 8 N–H and O–H groups in total. The molecule has 254 valence electrons. The van der Waals surface area contributed by atoms with Crippen molar-refractivity contribution in [3.05, 3.63) is 114 Å². The Bertz CT molecular complexity index is 2030. The predicted octanol–water partition coefficient (Wildman–Crippen LogP) is 3.68. The van der Waals surface area contributed by atoms with E-state index < -0.39 is 55.9 Å². The zero-order chi connectivity index (χ0) is 35.1. The summed E-state index contributed by atoms with van der Waals surface area (Å²) >= 11 is 0. The Morgan fingerprint density at radius 3 is 2.14 bits per heavy atom. The molecule has 0 radical (unpaired) electrons. The van der Waals surface area contributed by atoms with Gasteiger partial charge < -0.3 is 31.0 Å². The van der Waals surface area contributed by atoms with Crippen molar-refractivity contribution in [2.24, 2.45) is 5.73 Å². The Morgan fingerprint density at radius 1 is 0.796 bits per heavy atom. The van der Waals surface area contributed by atoms with Gasteiger partial charge in [-0.2, -0.15) is 0 Å². The summed E-state index contributed by atoms with van der Waals surface area (Å²) in [4.78, 5) is 73.3. The molecule has 0 spiro atoms. The Balaban J connectivity index is 1.42. The largest absolute Gasteiger partial charge is 0.524 e. The second-order valence-electron chi connectivity index (χ2n) is 11.6. The van der Waals surface area contributed by atoms with Crippen LogP contribution < -0.4 is 20.9 Å². The lowest BCUT2D eigenvalue weighted by Crippen LogP contribution is -2.54. The van der Waals surface area contributed by atoms with Gasteiger partial charge in [0.15, 0.2) is 0 Å². The number of primary amides is 1. The second kappa shape index (κ2) is 15.2. The first-order chi connectivity index (χ1) is 23.4. The number of nitrogens with one attached hydrogen (secondary N) is 3. The number of amides is 3. The first-order valence-electron chi connectivity index (χ1n) is 15.4. The van der Waals surface area contributed by atoms with E-state index in [1.165, 1.54) is 12.1 Å². The first kappa shape index (κ1) is 34.8. The smallest absolute Gasteiger partial charge is 0.481 e. The van der Waals surface area contributed by atoms with Crippen LogP contribution in [0.4, 0.5) is 0 Å². The summed E-state index contributed by atoms with van der Waals surface area (Å²) in [5.74, 6) is -4.29. The van der Waals surface area contributed by atoms with Gasteiger partial charge in [0.2, 0.25) is 17.7 Å². The number of phosphoric ester groups is 1. The number of carboxylic acids is 1. The van der Waals surface area contributed by atoms with E-state index in [9.17, 15) is 28.8 Å². The molecular formula is C35H35N4O9P. The van der Waals surface area contributed by atoms with E-state index in [1.807, 2.05) is 54.6 Å². The molecule has 0 saturated carbocycles. The highest BCUT2D eigenvalue weighted by Crippen LogP contribution is 2.38. The molecule has 0 aliphatic carbocycles. The van der Waals surface area contributed by atoms with Crippen LogP contribution in [0.15, 0.2) is 97.2 Å². The van der Waals surface area contributed by atoms with Gasteiger partial charge in [-0.1, -0.05) is 72.8 Å². The monoisotopic (exact) mass is 686 g/mol. The number of aromatic nitrogens is 1. The molecule has 0 fully saturated rings. The van der Waals surface area contributed by atoms with Crippen LogP contribution in [-0.4, -0.2) is 55.7 Å². The van der Waals surface area contributed by atoms with Crippen LogP contribution >= 0.6 is 7.82 Å². The molecule has 3 atom stereocenters. The molecule has 2 unspecified atom stereocenters. The fraction of sp³-hybridized carbons (Fsp3) is 0.200. The summed E-state index contributed by atoms with van der Waals surface area (Å²) in [6.45, 7) is 0. The van der Waals surface area contributed by atoms with Crippen LogP contribution in [0.3, 0.4) is 0 Å². The first-order valence-corrected chi connectivity index (χ1v) is 16.9. The van der Waals surface area contributed by atoms with Crippen LogP contribution in [0.5, 0.6) is 5.75 Å². The lowest BCUT2D eigenvalue weighted by molar-refractivity contribution is -0.138. The van der Waals surface area contributed by atoms with Crippen molar-refractivity contribution < 1.29 is 43.2 Å². The van der Waals surface area contributed by atoms with Crippen LogP contribution in [-0.2, 0) is 36.6 Å². The average Bonchev–Trinajstić information content (AvgIpc) is 3.47. The van der Waals surface area contributed by atoms with Gasteiger partial charge in [0, 0.05) is 29.9 Å². The molecule has 0 saturated heterocycles. The van der Waals surface area contributed by atoms with Crippen molar-refractivity contribution in [2.45, 2.75) is 43.7 Å². The fourth-order valence-corrected chi connectivity index (χ4v) is 6.18. The summed E-state index contributed by atoms with van der Waals surface area (Å²) in [6, 6.07) is 23.7. The molecule has 1 aromatic heterocycles. The average molecular weight is 687 g/mol. The number of hydrogen-bond donors (Lipinski definition) is 7. The van der Waals surface area contributed by atoms with Gasteiger partial charge in [-0.05, 0) is 58.5 Å². The van der Waals surface area contributed by atoms with Crippen LogP contribution in [0.25, 0.3) is 21.7 Å². The van der Waals surface area contributed by atoms with E-state index in [-0.39, 0.29) is 25.0 Å². The number of hydrogen-bond acceptors (Lipinski definition) is 6. The molecule has 5 rings (SSSR count). The maximum Gasteiger partial charge on any atom is 0.524 e. The Labute approximate surface area is 280 Å². The van der Waals surface area contributed by atoms with Crippen molar-refractivity contribution in [1.82, 2.24) is 15.6 Å². The summed E-state index contributed by atoms with van der Waals surface area (Å²) in [5, 5.41) is 17.3. The van der Waals surface area contributed by atoms with Crippen LogP contribution in [0.2, 0.25) is 0 Å². The highest BCUT2D eigenvalue weighted by Gasteiger charge is 2.31. The number of aromatic amines is 1. The molecular weight excluding hydrogens is 651 g/mol. The molecule has 49 heavy (non-hydrogen) atoms. The number of carboxylic acid groups (broad SMARTS) is 1. The van der Waals surface area contributed by atoms with Gasteiger partial charge in [0.05, 0.1) is 5.92 Å². The molecule has 1 heterocycles. The lowest BCUT2D eigenvalue weighted by atomic mass is 9.87. The number of aliphatic carboxylic acids is 1. The SMILES string of the molecule is NC(=O)[C@H](Cc1c[nH]c2ccccc12)NC(=O)C(CCC(=O)O)NC(=O)C(Cc1ccc(OP(=O)(O)O)cc1)c1cccc2ccccc12. The zero-order valence-corrected chi connectivity index (χ0v) is 27.0. The van der Waals surface area contributed by atoms with Crippen LogP contribution in [0.1, 0.15) is 35.4 Å². The topological polar surface area (TPSA) is 221 Å². The third-order valence-corrected chi connectivity index (χ3v) is 8.59.